The Morgan fingerprint density at radius 3 is 2.20 bits per heavy atom. The number of carbonyl (C=O) groups excluding carboxylic acids is 1. The summed E-state index contributed by atoms with van der Waals surface area (Å²) in [6.45, 7) is 0. The third kappa shape index (κ3) is 4.46. The van der Waals surface area contributed by atoms with Crippen LogP contribution >= 0.6 is 15.9 Å². The highest BCUT2D eigenvalue weighted by Gasteiger charge is 2.52. The van der Waals surface area contributed by atoms with Crippen molar-refractivity contribution in [2.45, 2.75) is 18.9 Å². The maximum Gasteiger partial charge on any atom is 0.240 e. The van der Waals surface area contributed by atoms with Gasteiger partial charge in [-0.1, -0.05) is 82.7 Å². The molecule has 0 unspecified atom stereocenters. The minimum Gasteiger partial charge on any atom is -0.476 e. The Bertz CT molecular complexity index is 1010. The first-order chi connectivity index (χ1) is 14.7. The normalized spacial score (nSPS) is 21.9. The third-order valence-electron chi connectivity index (χ3n) is 5.24. The van der Waals surface area contributed by atoms with Gasteiger partial charge in [0.15, 0.2) is 0 Å². The minimum absolute atomic E-state index is 0.101. The highest BCUT2D eigenvalue weighted by Crippen LogP contribution is 2.41. The molecule has 30 heavy (non-hydrogen) atoms. The summed E-state index contributed by atoms with van der Waals surface area (Å²) >= 11 is 3.53. The van der Waals surface area contributed by atoms with Crippen LogP contribution in [0.25, 0.3) is 0 Å². The highest BCUT2D eigenvalue weighted by atomic mass is 79.9. The molecule has 0 radical (unpaired) electrons. The number of hydrogen-bond acceptors (Lipinski definition) is 3. The van der Waals surface area contributed by atoms with E-state index in [1.165, 1.54) is 0 Å². The quantitative estimate of drug-likeness (QED) is 0.472. The zero-order chi connectivity index (χ0) is 20.8. The number of hydrogen-bond donors (Lipinski definition) is 1. The summed E-state index contributed by atoms with van der Waals surface area (Å²) in [6, 6.07) is 29.2. The molecule has 1 fully saturated rings. The van der Waals surface area contributed by atoms with Crippen LogP contribution in [0, 0.1) is 5.41 Å². The first kappa shape index (κ1) is 20.4. The van der Waals surface area contributed by atoms with Crippen LogP contribution in [-0.4, -0.2) is 23.2 Å². The van der Waals surface area contributed by atoms with Crippen molar-refractivity contribution in [3.05, 3.63) is 96.6 Å². The summed E-state index contributed by atoms with van der Waals surface area (Å²) < 4.78 is 6.20. The Morgan fingerprint density at radius 2 is 1.57 bits per heavy atom. The van der Waals surface area contributed by atoms with Gasteiger partial charge >= 0.3 is 0 Å². The Hall–Kier alpha value is -2.92. The Kier molecular flexibility index (Phi) is 6.29. The Morgan fingerprint density at radius 1 is 0.967 bits per heavy atom. The molecule has 152 valence electrons. The van der Waals surface area contributed by atoms with Gasteiger partial charge in [-0.25, -0.2) is 4.99 Å². The average molecular weight is 463 g/mol. The molecule has 0 saturated carbocycles. The predicted octanol–water partition coefficient (Wildman–Crippen LogP) is 5.77. The Labute approximate surface area is 185 Å². The molecule has 5 heteroatoms. The number of aliphatic imine (C=N–C) groups is 1. The molecule has 4 rings (SSSR count). The maximum atomic E-state index is 13.7. The number of ether oxygens (including phenoxy) is 1. The van der Waals surface area contributed by atoms with Gasteiger partial charge in [-0.3, -0.25) is 4.79 Å². The number of nitrogens with one attached hydrogen (secondary N) is 1. The molecule has 0 aromatic heterocycles. The lowest BCUT2D eigenvalue weighted by Gasteiger charge is -2.26. The molecule has 4 nitrogen and oxygen atoms in total. The number of carbonyl (C=O) groups is 1. The van der Waals surface area contributed by atoms with E-state index >= 15 is 0 Å². The fourth-order valence-corrected chi connectivity index (χ4v) is 4.12. The molecule has 0 spiro atoms. The minimum atomic E-state index is -0.897. The van der Waals surface area contributed by atoms with Crippen molar-refractivity contribution < 1.29 is 9.53 Å². The van der Waals surface area contributed by atoms with Gasteiger partial charge in [0.05, 0.1) is 5.69 Å². The van der Waals surface area contributed by atoms with E-state index in [1.54, 1.807) is 0 Å². The van der Waals surface area contributed by atoms with Crippen molar-refractivity contribution in [2.75, 3.05) is 10.6 Å². The molecular weight excluding hydrogens is 440 g/mol. The molecule has 1 amide bonds. The van der Waals surface area contributed by atoms with E-state index in [-0.39, 0.29) is 12.0 Å². The second kappa shape index (κ2) is 9.26. The number of para-hydroxylation sites is 2. The lowest BCUT2D eigenvalue weighted by Crippen LogP contribution is -2.42. The van der Waals surface area contributed by atoms with Crippen LogP contribution in [0.4, 0.5) is 11.4 Å². The summed E-state index contributed by atoms with van der Waals surface area (Å²) in [5.41, 5.74) is 1.70. The fourth-order valence-electron chi connectivity index (χ4n) is 3.76. The van der Waals surface area contributed by atoms with Gasteiger partial charge in [0.2, 0.25) is 11.8 Å². The third-order valence-corrected chi connectivity index (χ3v) is 5.96. The molecule has 0 aliphatic carbocycles. The number of halogens is 1. The second-order valence-corrected chi connectivity index (χ2v) is 8.06. The lowest BCUT2D eigenvalue weighted by atomic mass is 9.77. The van der Waals surface area contributed by atoms with Crippen molar-refractivity contribution in [3.63, 3.8) is 0 Å². The SMILES string of the molecule is O=C(Nc1ccccc1)[C@]1(Cc2ccccc2)C[C@@H](CBr)OC1=Nc1ccccc1. The number of anilines is 1. The summed E-state index contributed by atoms with van der Waals surface area (Å²) in [7, 11) is 0. The van der Waals surface area contributed by atoms with Crippen LogP contribution in [0.5, 0.6) is 0 Å². The van der Waals surface area contributed by atoms with E-state index in [0.717, 1.165) is 16.9 Å². The number of alkyl halides is 1. The molecule has 1 heterocycles. The summed E-state index contributed by atoms with van der Waals surface area (Å²) in [4.78, 5) is 18.5. The number of nitrogens with zero attached hydrogens (tertiary/aromatic N) is 1. The van der Waals surface area contributed by atoms with E-state index < -0.39 is 5.41 Å². The lowest BCUT2D eigenvalue weighted by molar-refractivity contribution is -0.122. The van der Waals surface area contributed by atoms with Gasteiger partial charge < -0.3 is 10.1 Å². The van der Waals surface area contributed by atoms with Gasteiger partial charge in [0.1, 0.15) is 11.5 Å². The maximum absolute atomic E-state index is 13.7. The van der Waals surface area contributed by atoms with Crippen LogP contribution < -0.4 is 5.32 Å². The molecule has 2 atom stereocenters. The Balaban J connectivity index is 1.77. The van der Waals surface area contributed by atoms with E-state index in [4.69, 9.17) is 9.73 Å². The van der Waals surface area contributed by atoms with Crippen molar-refractivity contribution >= 4 is 39.1 Å². The summed E-state index contributed by atoms with van der Waals surface area (Å²) in [5.74, 6) is 0.367. The fraction of sp³-hybridized carbons (Fsp3) is 0.200. The van der Waals surface area contributed by atoms with Crippen molar-refractivity contribution in [1.29, 1.82) is 0 Å². The molecule has 0 bridgehead atoms. The average Bonchev–Trinajstić information content (AvgIpc) is 3.14. The van der Waals surface area contributed by atoms with E-state index in [0.29, 0.717) is 24.1 Å². The summed E-state index contributed by atoms with van der Waals surface area (Å²) in [5, 5.41) is 3.73. The molecule has 3 aromatic rings. The van der Waals surface area contributed by atoms with Gasteiger partial charge in [-0.2, -0.15) is 0 Å². The molecule has 1 saturated heterocycles. The van der Waals surface area contributed by atoms with E-state index in [1.807, 2.05) is 91.0 Å². The van der Waals surface area contributed by atoms with Crippen LogP contribution in [0.1, 0.15) is 12.0 Å². The largest absolute Gasteiger partial charge is 0.476 e. The zero-order valence-electron chi connectivity index (χ0n) is 16.5. The van der Waals surface area contributed by atoms with Crippen LogP contribution in [0.2, 0.25) is 0 Å². The first-order valence-electron chi connectivity index (χ1n) is 9.97. The van der Waals surface area contributed by atoms with Crippen LogP contribution in [0.3, 0.4) is 0 Å². The van der Waals surface area contributed by atoms with Gasteiger partial charge in [-0.15, -0.1) is 0 Å². The number of benzene rings is 3. The monoisotopic (exact) mass is 462 g/mol. The zero-order valence-corrected chi connectivity index (χ0v) is 18.1. The number of amides is 1. The molecule has 1 N–H and O–H groups in total. The second-order valence-electron chi connectivity index (χ2n) is 7.42. The van der Waals surface area contributed by atoms with Crippen molar-refractivity contribution in [2.24, 2.45) is 10.4 Å². The predicted molar refractivity (Wildman–Crippen MR) is 124 cm³/mol. The first-order valence-corrected chi connectivity index (χ1v) is 11.1. The molecule has 1 aliphatic heterocycles. The van der Waals surface area contributed by atoms with E-state index in [2.05, 4.69) is 21.2 Å². The highest BCUT2D eigenvalue weighted by molar-refractivity contribution is 9.09. The van der Waals surface area contributed by atoms with Gasteiger partial charge in [-0.05, 0) is 36.2 Å². The topological polar surface area (TPSA) is 50.7 Å². The van der Waals surface area contributed by atoms with Crippen molar-refractivity contribution in [3.8, 4) is 0 Å². The smallest absolute Gasteiger partial charge is 0.240 e. The molecular formula is C25H23BrN2O2. The van der Waals surface area contributed by atoms with E-state index in [9.17, 15) is 4.79 Å². The van der Waals surface area contributed by atoms with Crippen LogP contribution in [-0.2, 0) is 16.0 Å². The molecule has 3 aromatic carbocycles. The van der Waals surface area contributed by atoms with Gasteiger partial charge in [0, 0.05) is 17.4 Å². The molecule has 1 aliphatic rings. The van der Waals surface area contributed by atoms with Gasteiger partial charge in [0.25, 0.3) is 0 Å². The van der Waals surface area contributed by atoms with Crippen LogP contribution in [0.15, 0.2) is 96.0 Å². The standard InChI is InChI=1S/C25H23BrN2O2/c26-18-22-17-25(16-19-10-4-1-5-11-19,23(29)27-20-12-6-2-7-13-20)24(30-22)28-21-14-8-3-9-15-21/h1-15,22H,16-18H2,(H,27,29)/t22-,25-/m0/s1. The number of rotatable bonds is 6. The summed E-state index contributed by atoms with van der Waals surface area (Å²) in [6.07, 6.45) is 0.941. The van der Waals surface area contributed by atoms with Crippen molar-refractivity contribution in [1.82, 2.24) is 0 Å².